The second kappa shape index (κ2) is 6.10. The predicted octanol–water partition coefficient (Wildman–Crippen LogP) is 4.85. The lowest BCUT2D eigenvalue weighted by Crippen LogP contribution is -1.88. The zero-order valence-electron chi connectivity index (χ0n) is 11.6. The van der Waals surface area contributed by atoms with Crippen LogP contribution in [0.25, 0.3) is 11.1 Å². The molecule has 0 aliphatic carbocycles. The number of rotatable bonds is 4. The molecule has 0 atom stereocenters. The van der Waals surface area contributed by atoms with Crippen molar-refractivity contribution in [3.05, 3.63) is 89.0 Å². The minimum absolute atomic E-state index is 0.0540. The number of nitro benzene ring substituents is 1. The van der Waals surface area contributed by atoms with Crippen LogP contribution in [0.15, 0.2) is 72.8 Å². The quantitative estimate of drug-likeness (QED) is 0.509. The first-order valence-electron chi connectivity index (χ1n) is 6.72. The first-order valence-corrected chi connectivity index (χ1v) is 6.72. The van der Waals surface area contributed by atoms with Gasteiger partial charge in [-0.2, -0.15) is 0 Å². The van der Waals surface area contributed by atoms with Gasteiger partial charge >= 0.3 is 0 Å². The van der Waals surface area contributed by atoms with E-state index in [4.69, 9.17) is 4.74 Å². The van der Waals surface area contributed by atoms with Crippen LogP contribution < -0.4 is 4.74 Å². The molecule has 0 saturated heterocycles. The van der Waals surface area contributed by atoms with Gasteiger partial charge < -0.3 is 4.74 Å². The minimum atomic E-state index is -0.412. The average molecular weight is 290 g/mol. The van der Waals surface area contributed by atoms with Crippen molar-refractivity contribution in [2.45, 2.75) is 0 Å². The summed E-state index contributed by atoms with van der Waals surface area (Å²) < 4.78 is 5.71. The summed E-state index contributed by atoms with van der Waals surface area (Å²) in [7, 11) is 0. The van der Waals surface area contributed by atoms with Gasteiger partial charge in [-0.1, -0.05) is 30.3 Å². The van der Waals surface area contributed by atoms with Gasteiger partial charge in [-0.15, -0.1) is 0 Å². The molecule has 0 fully saturated rings. The fourth-order valence-electron chi connectivity index (χ4n) is 2.06. The van der Waals surface area contributed by atoms with Crippen molar-refractivity contribution in [2.24, 2.45) is 0 Å². The van der Waals surface area contributed by atoms with Crippen molar-refractivity contribution in [3.8, 4) is 22.6 Å². The highest BCUT2D eigenvalue weighted by Crippen LogP contribution is 2.27. The highest BCUT2D eigenvalue weighted by atomic mass is 16.6. The summed E-state index contributed by atoms with van der Waals surface area (Å²) in [5.74, 6) is 1.47. The van der Waals surface area contributed by atoms with Crippen molar-refractivity contribution in [1.82, 2.24) is 0 Å². The van der Waals surface area contributed by atoms with E-state index in [-0.39, 0.29) is 5.69 Å². The van der Waals surface area contributed by atoms with Gasteiger partial charge in [-0.3, -0.25) is 10.1 Å². The van der Waals surface area contributed by atoms with Crippen molar-refractivity contribution in [2.75, 3.05) is 0 Å². The van der Waals surface area contributed by atoms with Crippen LogP contribution in [0.2, 0.25) is 0 Å². The topological polar surface area (TPSA) is 52.4 Å². The first-order chi connectivity index (χ1) is 10.7. The summed E-state index contributed by atoms with van der Waals surface area (Å²) in [6.07, 6.45) is 0. The summed E-state index contributed by atoms with van der Waals surface area (Å²) in [5.41, 5.74) is 1.59. The molecule has 0 N–H and O–H groups in total. The Morgan fingerprint density at radius 2 is 1.59 bits per heavy atom. The third-order valence-electron chi connectivity index (χ3n) is 3.14. The van der Waals surface area contributed by atoms with Gasteiger partial charge in [0, 0.05) is 12.1 Å². The minimum Gasteiger partial charge on any atom is -0.457 e. The van der Waals surface area contributed by atoms with Gasteiger partial charge in [0.15, 0.2) is 0 Å². The van der Waals surface area contributed by atoms with E-state index in [2.05, 4.69) is 6.07 Å². The Bertz CT molecular complexity index is 783. The van der Waals surface area contributed by atoms with E-state index in [0.717, 1.165) is 11.3 Å². The van der Waals surface area contributed by atoms with Gasteiger partial charge in [0.2, 0.25) is 0 Å². The maximum atomic E-state index is 10.8. The smallest absolute Gasteiger partial charge is 0.270 e. The molecular formula is C18H12NO3. The molecule has 0 aliphatic heterocycles. The fraction of sp³-hybridized carbons (Fsp3) is 0. The van der Waals surface area contributed by atoms with Gasteiger partial charge in [0.25, 0.3) is 5.69 Å². The van der Waals surface area contributed by atoms with E-state index in [1.807, 2.05) is 54.6 Å². The Morgan fingerprint density at radius 1 is 0.909 bits per heavy atom. The zero-order chi connectivity index (χ0) is 15.4. The van der Waals surface area contributed by atoms with Crippen LogP contribution in [0.3, 0.4) is 0 Å². The van der Waals surface area contributed by atoms with Crippen LogP contribution >= 0.6 is 0 Å². The van der Waals surface area contributed by atoms with Crippen LogP contribution in [-0.2, 0) is 0 Å². The van der Waals surface area contributed by atoms with E-state index in [1.165, 1.54) is 12.1 Å². The molecule has 3 aromatic rings. The van der Waals surface area contributed by atoms with E-state index in [1.54, 1.807) is 6.07 Å². The van der Waals surface area contributed by atoms with Gasteiger partial charge in [0.1, 0.15) is 11.5 Å². The Morgan fingerprint density at radius 3 is 2.27 bits per heavy atom. The van der Waals surface area contributed by atoms with E-state index < -0.39 is 4.92 Å². The number of hydrogen-bond donors (Lipinski definition) is 0. The van der Waals surface area contributed by atoms with Gasteiger partial charge in [-0.25, -0.2) is 0 Å². The maximum Gasteiger partial charge on any atom is 0.270 e. The molecule has 0 spiro atoms. The number of ether oxygens (including phenoxy) is 1. The lowest BCUT2D eigenvalue weighted by Gasteiger charge is -2.06. The molecule has 3 rings (SSSR count). The fourth-order valence-corrected chi connectivity index (χ4v) is 2.06. The van der Waals surface area contributed by atoms with Crippen LogP contribution in [-0.4, -0.2) is 4.92 Å². The molecular weight excluding hydrogens is 278 g/mol. The Kier molecular flexibility index (Phi) is 3.83. The summed E-state index contributed by atoms with van der Waals surface area (Å²) >= 11 is 0. The van der Waals surface area contributed by atoms with Crippen molar-refractivity contribution in [1.29, 1.82) is 0 Å². The average Bonchev–Trinajstić information content (AvgIpc) is 2.56. The molecule has 107 valence electrons. The summed E-state index contributed by atoms with van der Waals surface area (Å²) in [4.78, 5) is 10.4. The van der Waals surface area contributed by atoms with E-state index >= 15 is 0 Å². The first kappa shape index (κ1) is 13.8. The zero-order valence-corrected chi connectivity index (χ0v) is 11.6. The number of para-hydroxylation sites is 1. The highest BCUT2D eigenvalue weighted by molar-refractivity contribution is 5.66. The summed E-state index contributed by atoms with van der Waals surface area (Å²) in [6.45, 7) is 0. The molecule has 0 unspecified atom stereocenters. The van der Waals surface area contributed by atoms with Gasteiger partial charge in [0.05, 0.1) is 4.92 Å². The third-order valence-corrected chi connectivity index (χ3v) is 3.14. The number of hydrogen-bond acceptors (Lipinski definition) is 3. The largest absolute Gasteiger partial charge is 0.457 e. The SMILES string of the molecule is O=[N+]([O-])c1cc[c]c(-c2ccc(Oc3ccccc3)cc2)c1. The Hall–Kier alpha value is -3.14. The van der Waals surface area contributed by atoms with Crippen molar-refractivity contribution >= 4 is 5.69 Å². The summed E-state index contributed by atoms with van der Waals surface area (Å²) in [6, 6.07) is 24.4. The van der Waals surface area contributed by atoms with E-state index in [9.17, 15) is 10.1 Å². The number of nitrogens with zero attached hydrogens (tertiary/aromatic N) is 1. The Balaban J connectivity index is 1.82. The van der Waals surface area contributed by atoms with Crippen LogP contribution in [0.5, 0.6) is 11.5 Å². The molecule has 4 heteroatoms. The third kappa shape index (κ3) is 3.12. The second-order valence-electron chi connectivity index (χ2n) is 4.66. The molecule has 0 saturated carbocycles. The highest BCUT2D eigenvalue weighted by Gasteiger charge is 2.07. The molecule has 4 nitrogen and oxygen atoms in total. The van der Waals surface area contributed by atoms with Crippen LogP contribution in [0.1, 0.15) is 0 Å². The van der Waals surface area contributed by atoms with Gasteiger partial charge in [-0.05, 0) is 47.5 Å². The van der Waals surface area contributed by atoms with Crippen LogP contribution in [0.4, 0.5) is 5.69 Å². The maximum absolute atomic E-state index is 10.8. The standard InChI is InChI=1S/C18H12NO3/c20-19(21)16-6-4-5-15(13-16)14-9-11-18(12-10-14)22-17-7-2-1-3-8-17/h1-4,6-13H. The second-order valence-corrected chi connectivity index (χ2v) is 4.66. The molecule has 3 aromatic carbocycles. The summed E-state index contributed by atoms with van der Waals surface area (Å²) in [5, 5.41) is 10.8. The molecule has 0 aliphatic rings. The molecule has 1 radical (unpaired) electrons. The lowest BCUT2D eigenvalue weighted by atomic mass is 10.1. The molecule has 22 heavy (non-hydrogen) atoms. The normalized spacial score (nSPS) is 10.2. The molecule has 0 aromatic heterocycles. The lowest BCUT2D eigenvalue weighted by molar-refractivity contribution is -0.384. The predicted molar refractivity (Wildman–Crippen MR) is 83.9 cm³/mol. The monoisotopic (exact) mass is 290 g/mol. The van der Waals surface area contributed by atoms with Crippen LogP contribution in [0, 0.1) is 16.2 Å². The number of non-ortho nitro benzene ring substituents is 1. The van der Waals surface area contributed by atoms with Crippen molar-refractivity contribution < 1.29 is 9.66 Å². The Labute approximate surface area is 127 Å². The molecule has 0 bridgehead atoms. The molecule has 0 heterocycles. The number of benzene rings is 3. The van der Waals surface area contributed by atoms with Crippen molar-refractivity contribution in [3.63, 3.8) is 0 Å². The molecule has 0 amide bonds. The van der Waals surface area contributed by atoms with E-state index in [0.29, 0.717) is 11.3 Å². The number of nitro groups is 1.